The maximum Gasteiger partial charge on any atom is 0.322 e. The molecule has 0 atom stereocenters. The van der Waals surface area contributed by atoms with Gasteiger partial charge in [-0.15, -0.1) is 0 Å². The van der Waals surface area contributed by atoms with E-state index >= 15 is 0 Å². The first-order valence-corrected chi connectivity index (χ1v) is 8.31. The number of hydrogen-bond donors (Lipinski definition) is 2. The fraction of sp³-hybridized carbons (Fsp3) is 0.588. The van der Waals surface area contributed by atoms with Crippen LogP contribution in [0.3, 0.4) is 0 Å². The molecule has 0 spiro atoms. The number of benzene rings is 1. The third-order valence-corrected chi connectivity index (χ3v) is 4.84. The lowest BCUT2D eigenvalue weighted by molar-refractivity contribution is 0.217. The maximum absolute atomic E-state index is 12.7. The molecule has 23 heavy (non-hydrogen) atoms. The van der Waals surface area contributed by atoms with Gasteiger partial charge in [-0.05, 0) is 57.5 Å². The van der Waals surface area contributed by atoms with E-state index in [9.17, 15) is 4.79 Å². The van der Waals surface area contributed by atoms with Crippen molar-refractivity contribution in [3.8, 4) is 5.75 Å². The van der Waals surface area contributed by atoms with Crippen LogP contribution >= 0.6 is 0 Å². The van der Waals surface area contributed by atoms with Crippen molar-refractivity contribution in [1.29, 1.82) is 0 Å². The molecule has 1 aromatic carbocycles. The van der Waals surface area contributed by atoms with E-state index in [1.54, 1.807) is 7.11 Å². The molecule has 3 rings (SSSR count). The summed E-state index contributed by atoms with van der Waals surface area (Å²) < 4.78 is 5.31. The molecular weight excluding hydrogens is 292 g/mol. The first-order valence-electron chi connectivity index (χ1n) is 8.31. The first-order chi connectivity index (χ1) is 11.1. The molecule has 6 nitrogen and oxygen atoms in total. The van der Waals surface area contributed by atoms with Gasteiger partial charge in [0, 0.05) is 18.7 Å². The Labute approximate surface area is 137 Å². The number of ether oxygens (including phenoxy) is 1. The summed E-state index contributed by atoms with van der Waals surface area (Å²) in [5, 5.41) is 3.19. The quantitative estimate of drug-likeness (QED) is 0.816. The molecule has 2 aliphatic rings. The number of carbonyl (C=O) groups excluding carboxylic acids is 1. The molecule has 3 N–H and O–H groups in total. The van der Waals surface area contributed by atoms with Gasteiger partial charge in [-0.3, -0.25) is 4.90 Å². The number of aryl methyl sites for hydroxylation is 1. The molecule has 2 heterocycles. The highest BCUT2D eigenvalue weighted by molar-refractivity contribution is 5.94. The Hall–Kier alpha value is -1.95. The Bertz CT molecular complexity index is 582. The summed E-state index contributed by atoms with van der Waals surface area (Å²) in [4.78, 5) is 16.9. The summed E-state index contributed by atoms with van der Waals surface area (Å²) in [5.74, 6) is 0.628. The molecule has 0 unspecified atom stereocenters. The van der Waals surface area contributed by atoms with Crippen molar-refractivity contribution in [3.63, 3.8) is 0 Å². The topological polar surface area (TPSA) is 70.8 Å². The van der Waals surface area contributed by atoms with Crippen molar-refractivity contribution in [2.45, 2.75) is 31.7 Å². The Morgan fingerprint density at radius 3 is 2.74 bits per heavy atom. The third kappa shape index (κ3) is 3.37. The van der Waals surface area contributed by atoms with Crippen LogP contribution in [0, 0.1) is 0 Å². The van der Waals surface area contributed by atoms with E-state index in [-0.39, 0.29) is 12.1 Å². The molecule has 1 aromatic rings. The minimum atomic E-state index is -0.00710. The van der Waals surface area contributed by atoms with Gasteiger partial charge in [-0.1, -0.05) is 0 Å². The van der Waals surface area contributed by atoms with E-state index in [1.807, 2.05) is 17.0 Å². The lowest BCUT2D eigenvalue weighted by Crippen LogP contribution is -2.50. The normalized spacial score (nSPS) is 19.3. The van der Waals surface area contributed by atoms with Gasteiger partial charge in [-0.2, -0.15) is 0 Å². The number of nitrogens with zero attached hydrogens (tertiary/aromatic N) is 2. The smallest absolute Gasteiger partial charge is 0.322 e. The molecule has 0 aromatic heterocycles. The van der Waals surface area contributed by atoms with Crippen molar-refractivity contribution in [3.05, 3.63) is 17.7 Å². The van der Waals surface area contributed by atoms with Crippen LogP contribution in [0.2, 0.25) is 0 Å². The number of likely N-dealkylation sites (tertiary alicyclic amines) is 1. The lowest BCUT2D eigenvalue weighted by atomic mass is 10.0. The highest BCUT2D eigenvalue weighted by Crippen LogP contribution is 2.35. The van der Waals surface area contributed by atoms with Gasteiger partial charge in [0.05, 0.1) is 18.5 Å². The predicted molar refractivity (Wildman–Crippen MR) is 92.1 cm³/mol. The average molecular weight is 318 g/mol. The number of piperidine rings is 1. The summed E-state index contributed by atoms with van der Waals surface area (Å²) in [6, 6.07) is 4.08. The summed E-state index contributed by atoms with van der Waals surface area (Å²) >= 11 is 0. The average Bonchev–Trinajstić information content (AvgIpc) is 2.55. The first kappa shape index (κ1) is 15.9. The standard InChI is InChI=1S/C17H26N4O2/c1-20-8-5-13(6-9-20)19-17(22)21-7-3-4-12-10-14(18)16(23-2)11-15(12)21/h10-11,13H,3-9,18H2,1-2H3,(H,19,22). The molecule has 6 heteroatoms. The van der Waals surface area contributed by atoms with E-state index < -0.39 is 0 Å². The van der Waals surface area contributed by atoms with E-state index in [0.29, 0.717) is 11.4 Å². The van der Waals surface area contributed by atoms with E-state index in [4.69, 9.17) is 10.5 Å². The molecule has 0 aliphatic carbocycles. The van der Waals surface area contributed by atoms with Gasteiger partial charge in [0.25, 0.3) is 0 Å². The fourth-order valence-corrected chi connectivity index (χ4v) is 3.43. The number of anilines is 2. The number of nitrogen functional groups attached to an aromatic ring is 1. The summed E-state index contributed by atoms with van der Waals surface area (Å²) in [5.41, 5.74) is 8.66. The minimum absolute atomic E-state index is 0.00710. The van der Waals surface area contributed by atoms with E-state index in [1.165, 1.54) is 0 Å². The number of amides is 2. The monoisotopic (exact) mass is 318 g/mol. The van der Waals surface area contributed by atoms with Crippen LogP contribution in [0.25, 0.3) is 0 Å². The number of nitrogens with two attached hydrogens (primary N) is 1. The van der Waals surface area contributed by atoms with E-state index in [0.717, 1.165) is 56.6 Å². The maximum atomic E-state index is 12.7. The third-order valence-electron chi connectivity index (χ3n) is 4.84. The second kappa shape index (κ2) is 6.66. The van der Waals surface area contributed by atoms with Crippen molar-refractivity contribution in [1.82, 2.24) is 10.2 Å². The number of methoxy groups -OCH3 is 1. The molecule has 1 saturated heterocycles. The van der Waals surface area contributed by atoms with Crippen LogP contribution < -0.4 is 20.7 Å². The van der Waals surface area contributed by atoms with Crippen molar-refractivity contribution in [2.24, 2.45) is 0 Å². The number of fused-ring (bicyclic) bond motifs is 1. The zero-order valence-corrected chi connectivity index (χ0v) is 14.0. The molecule has 0 radical (unpaired) electrons. The minimum Gasteiger partial charge on any atom is -0.495 e. The molecule has 2 aliphatic heterocycles. The number of urea groups is 1. The predicted octanol–water partition coefficient (Wildman–Crippen LogP) is 1.83. The molecule has 0 saturated carbocycles. The number of hydrogen-bond acceptors (Lipinski definition) is 4. The van der Waals surface area contributed by atoms with Crippen LogP contribution in [0.15, 0.2) is 12.1 Å². The summed E-state index contributed by atoms with van der Waals surface area (Å²) in [6.45, 7) is 2.80. The summed E-state index contributed by atoms with van der Waals surface area (Å²) in [6.07, 6.45) is 3.92. The van der Waals surface area contributed by atoms with Gasteiger partial charge in [-0.25, -0.2) is 4.79 Å². The lowest BCUT2D eigenvalue weighted by Gasteiger charge is -2.34. The Balaban J connectivity index is 1.75. The van der Waals surface area contributed by atoms with Gasteiger partial charge in [0.2, 0.25) is 0 Å². The van der Waals surface area contributed by atoms with Gasteiger partial charge < -0.3 is 20.7 Å². The molecule has 0 bridgehead atoms. The largest absolute Gasteiger partial charge is 0.495 e. The Kier molecular flexibility index (Phi) is 4.61. The zero-order valence-electron chi connectivity index (χ0n) is 14.0. The second-order valence-electron chi connectivity index (χ2n) is 6.51. The highest BCUT2D eigenvalue weighted by Gasteiger charge is 2.26. The number of nitrogens with one attached hydrogen (secondary N) is 1. The fourth-order valence-electron chi connectivity index (χ4n) is 3.43. The number of rotatable bonds is 2. The van der Waals surface area contributed by atoms with Crippen molar-refractivity contribution >= 4 is 17.4 Å². The van der Waals surface area contributed by atoms with E-state index in [2.05, 4.69) is 17.3 Å². The van der Waals surface area contributed by atoms with Gasteiger partial charge in [0.15, 0.2) is 0 Å². The summed E-state index contributed by atoms with van der Waals surface area (Å²) in [7, 11) is 3.72. The van der Waals surface area contributed by atoms with Crippen LogP contribution in [-0.2, 0) is 6.42 Å². The Morgan fingerprint density at radius 2 is 2.04 bits per heavy atom. The Morgan fingerprint density at radius 1 is 1.30 bits per heavy atom. The molecule has 126 valence electrons. The molecular formula is C17H26N4O2. The van der Waals surface area contributed by atoms with Crippen molar-refractivity contribution in [2.75, 3.05) is 44.4 Å². The van der Waals surface area contributed by atoms with Crippen molar-refractivity contribution < 1.29 is 9.53 Å². The van der Waals surface area contributed by atoms with Crippen LogP contribution in [0.5, 0.6) is 5.75 Å². The van der Waals surface area contributed by atoms with Gasteiger partial charge in [0.1, 0.15) is 5.75 Å². The molecule has 2 amide bonds. The number of carbonyl (C=O) groups is 1. The zero-order chi connectivity index (χ0) is 16.4. The van der Waals surface area contributed by atoms with Gasteiger partial charge >= 0.3 is 6.03 Å². The van der Waals surface area contributed by atoms with Crippen LogP contribution in [0.1, 0.15) is 24.8 Å². The molecule has 1 fully saturated rings. The highest BCUT2D eigenvalue weighted by atomic mass is 16.5. The van der Waals surface area contributed by atoms with Crippen LogP contribution in [-0.4, -0.2) is 50.8 Å². The second-order valence-corrected chi connectivity index (χ2v) is 6.51. The van der Waals surface area contributed by atoms with Crippen LogP contribution in [0.4, 0.5) is 16.2 Å². The SMILES string of the molecule is COc1cc2c(cc1N)CCCN2C(=O)NC1CCN(C)CC1.